The molecule has 2 aromatic rings. The number of rotatable bonds is 7. The van der Waals surface area contributed by atoms with Crippen molar-refractivity contribution in [3.05, 3.63) is 71.0 Å². The Labute approximate surface area is 199 Å². The molecule has 1 saturated heterocycles. The number of carbonyl (C=O) groups is 1. The predicted octanol–water partition coefficient (Wildman–Crippen LogP) is 6.28. The van der Waals surface area contributed by atoms with Crippen LogP contribution in [0.5, 0.6) is 0 Å². The van der Waals surface area contributed by atoms with Crippen LogP contribution in [-0.2, 0) is 0 Å². The summed E-state index contributed by atoms with van der Waals surface area (Å²) in [6.07, 6.45) is 5.77. The fourth-order valence-electron chi connectivity index (χ4n) is 5.97. The first-order chi connectivity index (χ1) is 15.9. The van der Waals surface area contributed by atoms with E-state index in [1.54, 1.807) is 12.1 Å². The molecule has 1 aliphatic carbocycles. The van der Waals surface area contributed by atoms with Gasteiger partial charge >= 0.3 is 0 Å². The van der Waals surface area contributed by atoms with Gasteiger partial charge in [-0.05, 0) is 67.0 Å². The molecule has 1 heterocycles. The highest BCUT2D eigenvalue weighted by molar-refractivity contribution is 5.94. The van der Waals surface area contributed by atoms with Crippen molar-refractivity contribution in [2.75, 3.05) is 26.2 Å². The number of likely N-dealkylation sites (tertiary alicyclic amines) is 1. The Hall–Kier alpha value is -2.20. The summed E-state index contributed by atoms with van der Waals surface area (Å²) in [4.78, 5) is 18.4. The molecule has 0 spiro atoms. The third-order valence-corrected chi connectivity index (χ3v) is 7.53. The Bertz CT molecular complexity index is 919. The van der Waals surface area contributed by atoms with Crippen LogP contribution in [0.15, 0.2) is 48.5 Å². The number of amides is 1. The van der Waals surface area contributed by atoms with Crippen molar-refractivity contribution in [1.82, 2.24) is 9.80 Å². The van der Waals surface area contributed by atoms with Gasteiger partial charge in [-0.1, -0.05) is 57.4 Å². The van der Waals surface area contributed by atoms with Gasteiger partial charge in [-0.3, -0.25) is 4.79 Å². The van der Waals surface area contributed by atoms with Crippen molar-refractivity contribution in [3.63, 3.8) is 0 Å². The molecule has 3 nitrogen and oxygen atoms in total. The molecule has 0 bridgehead atoms. The second-order valence-electron chi connectivity index (χ2n) is 10.6. The maximum Gasteiger partial charge on any atom is 0.254 e. The first-order valence-corrected chi connectivity index (χ1v) is 12.8. The van der Waals surface area contributed by atoms with Crippen LogP contribution in [0, 0.1) is 24.6 Å². The fourth-order valence-corrected chi connectivity index (χ4v) is 5.97. The van der Waals surface area contributed by atoms with Gasteiger partial charge in [0.2, 0.25) is 0 Å². The zero-order chi connectivity index (χ0) is 23.4. The molecule has 4 heteroatoms. The Kier molecular flexibility index (Phi) is 7.85. The van der Waals surface area contributed by atoms with Gasteiger partial charge < -0.3 is 9.80 Å². The highest BCUT2D eigenvalue weighted by Crippen LogP contribution is 2.37. The molecule has 0 N–H and O–H groups in total. The van der Waals surface area contributed by atoms with E-state index in [1.807, 2.05) is 0 Å². The van der Waals surface area contributed by atoms with Crippen LogP contribution in [0.1, 0.15) is 73.4 Å². The Morgan fingerprint density at radius 3 is 2.39 bits per heavy atom. The number of aryl methyl sites for hydroxylation is 1. The largest absolute Gasteiger partial charge is 0.335 e. The molecular weight excluding hydrogens is 411 g/mol. The minimum atomic E-state index is -0.296. The van der Waals surface area contributed by atoms with Gasteiger partial charge in [-0.25, -0.2) is 4.39 Å². The van der Waals surface area contributed by atoms with Crippen molar-refractivity contribution in [2.24, 2.45) is 11.8 Å². The summed E-state index contributed by atoms with van der Waals surface area (Å²) in [5.74, 6) is 1.22. The van der Waals surface area contributed by atoms with E-state index in [-0.39, 0.29) is 17.8 Å². The molecule has 33 heavy (non-hydrogen) atoms. The standard InChI is InChI=1S/C29H39FN2O/c1-21(2)17-31-18-24(28(20-31)27-12-8-7-9-22(27)3)19-32(26-10-5-4-6-11-26)29(33)23-13-15-25(30)16-14-23/h7-9,12-16,21,24,26,28H,4-6,10-11,17-20H2,1-3H3. The van der Waals surface area contributed by atoms with Gasteiger partial charge in [0.15, 0.2) is 0 Å². The zero-order valence-electron chi connectivity index (χ0n) is 20.5. The molecule has 2 fully saturated rings. The van der Waals surface area contributed by atoms with Gasteiger partial charge in [0.05, 0.1) is 0 Å². The third-order valence-electron chi connectivity index (χ3n) is 7.53. The average molecular weight is 451 g/mol. The topological polar surface area (TPSA) is 23.6 Å². The molecule has 2 unspecified atom stereocenters. The minimum Gasteiger partial charge on any atom is -0.335 e. The lowest BCUT2D eigenvalue weighted by Crippen LogP contribution is -2.45. The van der Waals surface area contributed by atoms with Crippen LogP contribution in [-0.4, -0.2) is 47.9 Å². The van der Waals surface area contributed by atoms with Gasteiger partial charge in [0.25, 0.3) is 5.91 Å². The Morgan fingerprint density at radius 1 is 1.03 bits per heavy atom. The highest BCUT2D eigenvalue weighted by atomic mass is 19.1. The van der Waals surface area contributed by atoms with Crippen LogP contribution in [0.25, 0.3) is 0 Å². The molecule has 178 valence electrons. The maximum absolute atomic E-state index is 13.7. The molecule has 1 amide bonds. The number of hydrogen-bond acceptors (Lipinski definition) is 2. The van der Waals surface area contributed by atoms with Crippen LogP contribution in [0.4, 0.5) is 4.39 Å². The summed E-state index contributed by atoms with van der Waals surface area (Å²) in [5, 5.41) is 0. The first kappa shape index (κ1) is 23.9. The number of nitrogens with zero attached hydrogens (tertiary/aromatic N) is 2. The molecule has 2 aromatic carbocycles. The molecule has 4 rings (SSSR count). The quantitative estimate of drug-likeness (QED) is 0.496. The first-order valence-electron chi connectivity index (χ1n) is 12.8. The summed E-state index contributed by atoms with van der Waals surface area (Å²) in [5.41, 5.74) is 3.37. The van der Waals surface area contributed by atoms with Gasteiger partial charge in [0.1, 0.15) is 5.82 Å². The van der Waals surface area contributed by atoms with E-state index in [2.05, 4.69) is 54.8 Å². The lowest BCUT2D eigenvalue weighted by molar-refractivity contribution is 0.0587. The summed E-state index contributed by atoms with van der Waals surface area (Å²) in [7, 11) is 0. The highest BCUT2D eigenvalue weighted by Gasteiger charge is 2.38. The monoisotopic (exact) mass is 450 g/mol. The summed E-state index contributed by atoms with van der Waals surface area (Å²) >= 11 is 0. The maximum atomic E-state index is 13.7. The van der Waals surface area contributed by atoms with E-state index in [0.717, 1.165) is 39.0 Å². The fraction of sp³-hybridized carbons (Fsp3) is 0.552. The summed E-state index contributed by atoms with van der Waals surface area (Å²) < 4.78 is 13.5. The van der Waals surface area contributed by atoms with Crippen molar-refractivity contribution >= 4 is 5.91 Å². The van der Waals surface area contributed by atoms with Crippen LogP contribution in [0.3, 0.4) is 0 Å². The van der Waals surface area contributed by atoms with Crippen molar-refractivity contribution in [1.29, 1.82) is 0 Å². The van der Waals surface area contributed by atoms with E-state index in [4.69, 9.17) is 0 Å². The molecular formula is C29H39FN2O. The lowest BCUT2D eigenvalue weighted by Gasteiger charge is -2.37. The summed E-state index contributed by atoms with van der Waals surface area (Å²) in [6, 6.07) is 15.1. The number of benzene rings is 2. The number of carbonyl (C=O) groups excluding carboxylic acids is 1. The molecule has 1 aliphatic heterocycles. The summed E-state index contributed by atoms with van der Waals surface area (Å²) in [6.45, 7) is 10.7. The zero-order valence-corrected chi connectivity index (χ0v) is 20.5. The van der Waals surface area contributed by atoms with Crippen molar-refractivity contribution < 1.29 is 9.18 Å². The van der Waals surface area contributed by atoms with E-state index in [1.165, 1.54) is 42.5 Å². The second-order valence-corrected chi connectivity index (χ2v) is 10.6. The van der Waals surface area contributed by atoms with E-state index in [0.29, 0.717) is 23.3 Å². The number of hydrogen-bond donors (Lipinski definition) is 0. The van der Waals surface area contributed by atoms with E-state index < -0.39 is 0 Å². The van der Waals surface area contributed by atoms with Gasteiger partial charge in [-0.15, -0.1) is 0 Å². The average Bonchev–Trinajstić information content (AvgIpc) is 3.19. The van der Waals surface area contributed by atoms with Crippen molar-refractivity contribution in [3.8, 4) is 0 Å². The molecule has 2 atom stereocenters. The molecule has 2 aliphatic rings. The lowest BCUT2D eigenvalue weighted by atomic mass is 9.85. The van der Waals surface area contributed by atoms with E-state index in [9.17, 15) is 9.18 Å². The molecule has 0 radical (unpaired) electrons. The minimum absolute atomic E-state index is 0.0627. The second kappa shape index (κ2) is 10.8. The normalized spacial score (nSPS) is 22.1. The van der Waals surface area contributed by atoms with Gasteiger partial charge in [-0.2, -0.15) is 0 Å². The molecule has 1 saturated carbocycles. The van der Waals surface area contributed by atoms with Crippen LogP contribution < -0.4 is 0 Å². The number of halogens is 1. The van der Waals surface area contributed by atoms with E-state index >= 15 is 0 Å². The van der Waals surface area contributed by atoms with Gasteiger partial charge in [0, 0.05) is 43.7 Å². The molecule has 0 aromatic heterocycles. The third kappa shape index (κ3) is 5.84. The predicted molar refractivity (Wildman–Crippen MR) is 133 cm³/mol. The van der Waals surface area contributed by atoms with Crippen molar-refractivity contribution in [2.45, 2.75) is 64.8 Å². The van der Waals surface area contributed by atoms with Crippen LogP contribution >= 0.6 is 0 Å². The smallest absolute Gasteiger partial charge is 0.254 e. The SMILES string of the molecule is Cc1ccccc1C1CN(CC(C)C)CC1CN(C(=O)c1ccc(F)cc1)C1CCCCC1. The van der Waals surface area contributed by atoms with Crippen LogP contribution in [0.2, 0.25) is 0 Å². The Balaban J connectivity index is 1.62. The Morgan fingerprint density at radius 2 is 1.73 bits per heavy atom.